The van der Waals surface area contributed by atoms with Crippen molar-refractivity contribution in [1.82, 2.24) is 0 Å². The van der Waals surface area contributed by atoms with Gasteiger partial charge in [0.15, 0.2) is 0 Å². The minimum Gasteiger partial charge on any atom is -0.366 e. The zero-order chi connectivity index (χ0) is 17.2. The number of hydrogen-bond donors (Lipinski definition) is 0. The van der Waals surface area contributed by atoms with Crippen LogP contribution in [0.3, 0.4) is 0 Å². The molecule has 0 bridgehead atoms. The van der Waals surface area contributed by atoms with Crippen molar-refractivity contribution in [1.29, 1.82) is 0 Å². The monoisotopic (exact) mass is 304 g/mol. The van der Waals surface area contributed by atoms with E-state index >= 15 is 0 Å². The highest BCUT2D eigenvalue weighted by atomic mass is 15.2. The molecule has 0 aromatic heterocycles. The molecule has 0 aliphatic carbocycles. The van der Waals surface area contributed by atoms with Gasteiger partial charge in [0.05, 0.1) is 0 Å². The molecule has 0 spiro atoms. The van der Waals surface area contributed by atoms with Crippen LogP contribution in [0.15, 0.2) is 18.2 Å². The molecule has 0 fully saturated rings. The lowest BCUT2D eigenvalue weighted by Gasteiger charge is -2.42. The maximum Gasteiger partial charge on any atom is 0.0421 e. The first-order valence-corrected chi connectivity index (χ1v) is 8.65. The van der Waals surface area contributed by atoms with E-state index in [0.29, 0.717) is 18.1 Å². The van der Waals surface area contributed by atoms with E-state index in [2.05, 4.69) is 97.2 Å². The molecule has 0 atom stereocenters. The molecular formula is C20H36N2. The fourth-order valence-corrected chi connectivity index (χ4v) is 3.64. The van der Waals surface area contributed by atoms with Crippen molar-refractivity contribution in [3.05, 3.63) is 23.8 Å². The lowest BCUT2D eigenvalue weighted by atomic mass is 10.0. The van der Waals surface area contributed by atoms with E-state index in [9.17, 15) is 0 Å². The summed E-state index contributed by atoms with van der Waals surface area (Å²) in [5.74, 6) is 0. The molecule has 0 aliphatic heterocycles. The van der Waals surface area contributed by atoms with Gasteiger partial charge in [-0.05, 0) is 86.9 Å². The van der Waals surface area contributed by atoms with Crippen molar-refractivity contribution in [3.8, 4) is 0 Å². The summed E-state index contributed by atoms with van der Waals surface area (Å²) >= 11 is 0. The quantitative estimate of drug-likeness (QED) is 0.695. The summed E-state index contributed by atoms with van der Waals surface area (Å²) in [7, 11) is 0. The molecule has 0 saturated carbocycles. The van der Waals surface area contributed by atoms with Crippen LogP contribution >= 0.6 is 0 Å². The molecule has 0 heterocycles. The first-order valence-electron chi connectivity index (χ1n) is 8.65. The van der Waals surface area contributed by atoms with E-state index in [1.54, 1.807) is 0 Å². The Kier molecular flexibility index (Phi) is 5.95. The normalized spacial score (nSPS) is 12.4. The second kappa shape index (κ2) is 6.93. The van der Waals surface area contributed by atoms with Gasteiger partial charge in [0.1, 0.15) is 0 Å². The topological polar surface area (TPSA) is 6.48 Å². The molecule has 0 aliphatic rings. The predicted molar refractivity (Wildman–Crippen MR) is 101 cm³/mol. The third-order valence-corrected chi connectivity index (χ3v) is 4.10. The van der Waals surface area contributed by atoms with E-state index in [4.69, 9.17) is 0 Å². The maximum atomic E-state index is 2.51. The van der Waals surface area contributed by atoms with Crippen LogP contribution in [0.25, 0.3) is 0 Å². The van der Waals surface area contributed by atoms with Crippen LogP contribution in [0.5, 0.6) is 0 Å². The van der Waals surface area contributed by atoms with Gasteiger partial charge in [0, 0.05) is 35.0 Å². The Hall–Kier alpha value is -1.18. The van der Waals surface area contributed by atoms with Gasteiger partial charge in [-0.1, -0.05) is 6.07 Å². The number of hydrogen-bond acceptors (Lipinski definition) is 2. The number of benzene rings is 1. The van der Waals surface area contributed by atoms with E-state index in [-0.39, 0.29) is 5.54 Å². The first-order chi connectivity index (χ1) is 9.96. The summed E-state index contributed by atoms with van der Waals surface area (Å²) in [5.41, 5.74) is 4.14. The highest BCUT2D eigenvalue weighted by Gasteiger charge is 2.26. The molecule has 1 aromatic rings. The SMILES string of the molecule is Cc1ccc(N(C(C)C)C(C)(C)C)cc1N(C(C)C)C(C)C. The fourth-order valence-electron chi connectivity index (χ4n) is 3.64. The van der Waals surface area contributed by atoms with Gasteiger partial charge in [-0.2, -0.15) is 0 Å². The zero-order valence-corrected chi connectivity index (χ0v) is 16.4. The lowest BCUT2D eigenvalue weighted by Crippen LogP contribution is -2.46. The average molecular weight is 305 g/mol. The second-order valence-electron chi connectivity index (χ2n) is 8.20. The molecule has 0 radical (unpaired) electrons. The summed E-state index contributed by atoms with van der Waals surface area (Å²) in [4.78, 5) is 5.02. The average Bonchev–Trinajstić information content (AvgIpc) is 2.29. The van der Waals surface area contributed by atoms with Gasteiger partial charge in [-0.25, -0.2) is 0 Å². The smallest absolute Gasteiger partial charge is 0.0421 e. The van der Waals surface area contributed by atoms with E-state index in [1.165, 1.54) is 16.9 Å². The Morgan fingerprint density at radius 2 is 1.32 bits per heavy atom. The van der Waals surface area contributed by atoms with E-state index in [0.717, 1.165) is 0 Å². The van der Waals surface area contributed by atoms with Gasteiger partial charge in [-0.15, -0.1) is 0 Å². The fraction of sp³-hybridized carbons (Fsp3) is 0.700. The van der Waals surface area contributed by atoms with Crippen molar-refractivity contribution in [2.24, 2.45) is 0 Å². The van der Waals surface area contributed by atoms with Crippen LogP contribution in [-0.4, -0.2) is 23.7 Å². The Morgan fingerprint density at radius 3 is 1.68 bits per heavy atom. The van der Waals surface area contributed by atoms with Crippen molar-refractivity contribution in [2.75, 3.05) is 9.80 Å². The molecule has 1 aromatic carbocycles. The summed E-state index contributed by atoms with van der Waals surface area (Å²) < 4.78 is 0. The molecule has 0 amide bonds. The third kappa shape index (κ3) is 4.18. The highest BCUT2D eigenvalue weighted by molar-refractivity contribution is 5.65. The second-order valence-corrected chi connectivity index (χ2v) is 8.20. The molecule has 2 nitrogen and oxygen atoms in total. The van der Waals surface area contributed by atoms with E-state index in [1.807, 2.05) is 0 Å². The van der Waals surface area contributed by atoms with Crippen LogP contribution in [0, 0.1) is 6.92 Å². The first kappa shape index (κ1) is 18.9. The Morgan fingerprint density at radius 1 is 0.818 bits per heavy atom. The van der Waals surface area contributed by atoms with Crippen molar-refractivity contribution in [2.45, 2.75) is 92.9 Å². The molecule has 22 heavy (non-hydrogen) atoms. The molecule has 0 unspecified atom stereocenters. The Balaban J connectivity index is 3.40. The minimum absolute atomic E-state index is 0.112. The van der Waals surface area contributed by atoms with Gasteiger partial charge < -0.3 is 9.80 Å². The van der Waals surface area contributed by atoms with Gasteiger partial charge in [0.2, 0.25) is 0 Å². The van der Waals surface area contributed by atoms with Gasteiger partial charge in [0.25, 0.3) is 0 Å². The van der Waals surface area contributed by atoms with E-state index < -0.39 is 0 Å². The lowest BCUT2D eigenvalue weighted by molar-refractivity contribution is 0.465. The minimum atomic E-state index is 0.112. The van der Waals surface area contributed by atoms with Crippen LogP contribution in [-0.2, 0) is 0 Å². The largest absolute Gasteiger partial charge is 0.366 e. The predicted octanol–water partition coefficient (Wildman–Crippen LogP) is 5.63. The van der Waals surface area contributed by atoms with Crippen LogP contribution in [0.1, 0.15) is 67.9 Å². The Bertz CT molecular complexity index is 473. The van der Waals surface area contributed by atoms with Crippen LogP contribution in [0.4, 0.5) is 11.4 Å². The summed E-state index contributed by atoms with van der Waals surface area (Å²) in [6.45, 7) is 22.7. The summed E-state index contributed by atoms with van der Waals surface area (Å²) in [5, 5.41) is 0. The summed E-state index contributed by atoms with van der Waals surface area (Å²) in [6.07, 6.45) is 0. The zero-order valence-electron chi connectivity index (χ0n) is 16.4. The molecule has 0 N–H and O–H groups in total. The van der Waals surface area contributed by atoms with Crippen molar-refractivity contribution < 1.29 is 0 Å². The van der Waals surface area contributed by atoms with Crippen molar-refractivity contribution in [3.63, 3.8) is 0 Å². The Labute approximate surface area is 138 Å². The molecule has 2 heteroatoms. The van der Waals surface area contributed by atoms with Gasteiger partial charge >= 0.3 is 0 Å². The van der Waals surface area contributed by atoms with Crippen LogP contribution < -0.4 is 9.80 Å². The molecule has 0 saturated heterocycles. The molecule has 126 valence electrons. The number of rotatable bonds is 5. The summed E-state index contributed by atoms with van der Waals surface area (Å²) in [6, 6.07) is 8.38. The standard InChI is InChI=1S/C20H36N2/c1-14(2)21(15(3)4)19-13-18(12-11-17(19)7)22(16(5)6)20(8,9)10/h11-16H,1-10H3. The third-order valence-electron chi connectivity index (χ3n) is 4.10. The van der Waals surface area contributed by atoms with Crippen molar-refractivity contribution >= 4 is 11.4 Å². The molecule has 1 rings (SSSR count). The number of aryl methyl sites for hydroxylation is 1. The number of nitrogens with zero attached hydrogens (tertiary/aromatic N) is 2. The van der Waals surface area contributed by atoms with Crippen LogP contribution in [0.2, 0.25) is 0 Å². The van der Waals surface area contributed by atoms with Gasteiger partial charge in [-0.3, -0.25) is 0 Å². The number of anilines is 2. The highest BCUT2D eigenvalue weighted by Crippen LogP contribution is 2.33. The maximum absolute atomic E-state index is 2.51. The molecular weight excluding hydrogens is 268 g/mol.